The fraction of sp³-hybridized carbons (Fsp3) is 0.588. The van der Waals surface area contributed by atoms with E-state index in [-0.39, 0.29) is 53.3 Å². The van der Waals surface area contributed by atoms with Crippen LogP contribution in [0.5, 0.6) is 0 Å². The van der Waals surface area contributed by atoms with Gasteiger partial charge in [0, 0.05) is 6.54 Å². The first-order valence-electron chi connectivity index (χ1n) is 8.67. The molecule has 2 N–H and O–H groups in total. The van der Waals surface area contributed by atoms with Crippen molar-refractivity contribution in [3.05, 3.63) is 30.1 Å². The smallest absolute Gasteiger partial charge is 0.191 e. The third-order valence-corrected chi connectivity index (χ3v) is 6.30. The number of ether oxygens (including phenoxy) is 1. The molecule has 0 radical (unpaired) electrons. The fourth-order valence-electron chi connectivity index (χ4n) is 3.37. The van der Waals surface area contributed by atoms with Gasteiger partial charge in [-0.1, -0.05) is 12.1 Å². The maximum Gasteiger partial charge on any atom is 0.191 e. The highest BCUT2D eigenvalue weighted by molar-refractivity contribution is 14.0. The molecule has 9 heteroatoms. The maximum absolute atomic E-state index is 13.7. The van der Waals surface area contributed by atoms with Gasteiger partial charge in [0.1, 0.15) is 10.7 Å². The van der Waals surface area contributed by atoms with Crippen molar-refractivity contribution >= 4 is 39.8 Å². The van der Waals surface area contributed by atoms with Gasteiger partial charge in [-0.3, -0.25) is 4.99 Å². The van der Waals surface area contributed by atoms with Crippen LogP contribution in [0.25, 0.3) is 0 Å². The summed E-state index contributed by atoms with van der Waals surface area (Å²) < 4.78 is 44.0. The summed E-state index contributed by atoms with van der Waals surface area (Å²) in [4.78, 5) is 4.06. The van der Waals surface area contributed by atoms with Crippen LogP contribution in [0.15, 0.2) is 34.2 Å². The molecule has 2 heterocycles. The molecule has 3 atom stereocenters. The van der Waals surface area contributed by atoms with E-state index in [1.54, 1.807) is 0 Å². The zero-order chi connectivity index (χ0) is 17.9. The SMILES string of the molecule is CCNC(=NCCS(=O)(=O)c1ccccc1F)NC1CC2CCC1O2.I. The predicted molar refractivity (Wildman–Crippen MR) is 109 cm³/mol. The summed E-state index contributed by atoms with van der Waals surface area (Å²) in [7, 11) is -3.70. The Hall–Kier alpha value is -0.940. The molecule has 2 fully saturated rings. The van der Waals surface area contributed by atoms with Gasteiger partial charge < -0.3 is 15.4 Å². The van der Waals surface area contributed by atoms with Crippen molar-refractivity contribution in [2.24, 2.45) is 4.99 Å². The molecule has 2 aliphatic rings. The van der Waals surface area contributed by atoms with E-state index in [2.05, 4.69) is 15.6 Å². The lowest BCUT2D eigenvalue weighted by Crippen LogP contribution is -2.47. The van der Waals surface area contributed by atoms with Crippen LogP contribution >= 0.6 is 24.0 Å². The lowest BCUT2D eigenvalue weighted by molar-refractivity contribution is 0.0992. The van der Waals surface area contributed by atoms with Gasteiger partial charge in [0.05, 0.1) is 30.5 Å². The quantitative estimate of drug-likeness (QED) is 0.358. The van der Waals surface area contributed by atoms with Gasteiger partial charge in [-0.2, -0.15) is 0 Å². The minimum Gasteiger partial charge on any atom is -0.373 e. The highest BCUT2D eigenvalue weighted by Gasteiger charge is 2.41. The topological polar surface area (TPSA) is 79.8 Å². The summed E-state index contributed by atoms with van der Waals surface area (Å²) in [6, 6.07) is 5.62. The van der Waals surface area contributed by atoms with Crippen molar-refractivity contribution in [2.45, 2.75) is 49.3 Å². The second-order valence-electron chi connectivity index (χ2n) is 6.37. The Morgan fingerprint density at radius 1 is 1.35 bits per heavy atom. The Bertz CT molecular complexity index is 745. The molecule has 0 aromatic heterocycles. The van der Waals surface area contributed by atoms with Gasteiger partial charge in [0.15, 0.2) is 15.8 Å². The Morgan fingerprint density at radius 2 is 2.12 bits per heavy atom. The first-order valence-corrected chi connectivity index (χ1v) is 10.3. The third-order valence-electron chi connectivity index (χ3n) is 4.57. The molecule has 1 aromatic rings. The van der Waals surface area contributed by atoms with Gasteiger partial charge in [-0.25, -0.2) is 12.8 Å². The van der Waals surface area contributed by atoms with Gasteiger partial charge >= 0.3 is 0 Å². The summed E-state index contributed by atoms with van der Waals surface area (Å²) in [6.07, 6.45) is 3.63. The van der Waals surface area contributed by atoms with Crippen molar-refractivity contribution in [2.75, 3.05) is 18.8 Å². The maximum atomic E-state index is 13.7. The van der Waals surface area contributed by atoms with E-state index in [0.717, 1.165) is 25.3 Å². The predicted octanol–water partition coefficient (Wildman–Crippen LogP) is 2.09. The van der Waals surface area contributed by atoms with E-state index in [1.807, 2.05) is 6.92 Å². The molecule has 0 amide bonds. The van der Waals surface area contributed by atoms with Crippen molar-refractivity contribution in [3.8, 4) is 0 Å². The summed E-state index contributed by atoms with van der Waals surface area (Å²) in [5.74, 6) is -0.388. The zero-order valence-corrected chi connectivity index (χ0v) is 17.8. The number of benzene rings is 1. The summed E-state index contributed by atoms with van der Waals surface area (Å²) >= 11 is 0. The van der Waals surface area contributed by atoms with Crippen LogP contribution in [0.2, 0.25) is 0 Å². The van der Waals surface area contributed by atoms with Gasteiger partial charge in [-0.05, 0) is 38.3 Å². The second-order valence-corrected chi connectivity index (χ2v) is 8.45. The number of nitrogens with one attached hydrogen (secondary N) is 2. The molecule has 3 rings (SSSR count). The molecule has 0 spiro atoms. The van der Waals surface area contributed by atoms with Crippen molar-refractivity contribution < 1.29 is 17.5 Å². The number of rotatable bonds is 6. The van der Waals surface area contributed by atoms with Crippen LogP contribution in [0.4, 0.5) is 4.39 Å². The minimum absolute atomic E-state index is 0. The molecule has 26 heavy (non-hydrogen) atoms. The highest BCUT2D eigenvalue weighted by Crippen LogP contribution is 2.34. The van der Waals surface area contributed by atoms with Crippen LogP contribution in [0, 0.1) is 5.82 Å². The molecule has 146 valence electrons. The van der Waals surface area contributed by atoms with E-state index in [1.165, 1.54) is 18.2 Å². The fourth-order valence-corrected chi connectivity index (χ4v) is 4.57. The average Bonchev–Trinajstić information content (AvgIpc) is 3.18. The normalized spacial score (nSPS) is 25.0. The van der Waals surface area contributed by atoms with Crippen LogP contribution < -0.4 is 10.6 Å². The lowest BCUT2D eigenvalue weighted by Gasteiger charge is -2.22. The number of guanidine groups is 1. The largest absolute Gasteiger partial charge is 0.373 e. The van der Waals surface area contributed by atoms with E-state index in [0.29, 0.717) is 18.6 Å². The van der Waals surface area contributed by atoms with Crippen LogP contribution in [0.3, 0.4) is 0 Å². The van der Waals surface area contributed by atoms with Gasteiger partial charge in [0.2, 0.25) is 0 Å². The molecule has 6 nitrogen and oxygen atoms in total. The highest BCUT2D eigenvalue weighted by atomic mass is 127. The summed E-state index contributed by atoms with van der Waals surface area (Å²) in [6.45, 7) is 2.69. The van der Waals surface area contributed by atoms with Crippen LogP contribution in [0.1, 0.15) is 26.2 Å². The molecular formula is C17H25FIN3O3S. The number of hydrogen-bond donors (Lipinski definition) is 2. The Morgan fingerprint density at radius 3 is 2.73 bits per heavy atom. The number of sulfone groups is 1. The minimum atomic E-state index is -3.70. The first kappa shape index (κ1) is 21.4. The van der Waals surface area contributed by atoms with Crippen LogP contribution in [-0.4, -0.2) is 51.5 Å². The monoisotopic (exact) mass is 497 g/mol. The van der Waals surface area contributed by atoms with E-state index in [4.69, 9.17) is 4.74 Å². The summed E-state index contributed by atoms with van der Waals surface area (Å²) in [5, 5.41) is 6.45. The molecule has 2 aliphatic heterocycles. The van der Waals surface area contributed by atoms with E-state index in [9.17, 15) is 12.8 Å². The number of aliphatic imine (C=N–C) groups is 1. The van der Waals surface area contributed by atoms with E-state index < -0.39 is 15.7 Å². The molecule has 0 saturated carbocycles. The van der Waals surface area contributed by atoms with Crippen molar-refractivity contribution in [3.63, 3.8) is 0 Å². The molecule has 2 saturated heterocycles. The van der Waals surface area contributed by atoms with Crippen molar-refractivity contribution in [1.82, 2.24) is 10.6 Å². The van der Waals surface area contributed by atoms with Crippen LogP contribution in [-0.2, 0) is 14.6 Å². The Labute approximate surface area is 170 Å². The molecule has 1 aromatic carbocycles. The van der Waals surface area contributed by atoms with E-state index >= 15 is 0 Å². The first-order chi connectivity index (χ1) is 12.0. The molecule has 3 unspecified atom stereocenters. The average molecular weight is 497 g/mol. The number of hydrogen-bond acceptors (Lipinski definition) is 4. The lowest BCUT2D eigenvalue weighted by atomic mass is 9.96. The number of fused-ring (bicyclic) bond motifs is 2. The Kier molecular flexibility index (Phi) is 7.65. The standard InChI is InChI=1S/C17H24FN3O3S.HI/c1-2-19-17(21-14-11-12-7-8-15(14)24-12)20-9-10-25(22,23)16-6-4-3-5-13(16)18;/h3-6,12,14-15H,2,7-11H2,1H3,(H2,19,20,21);1H. The number of nitrogens with zero attached hydrogens (tertiary/aromatic N) is 1. The van der Waals surface area contributed by atoms with Gasteiger partial charge in [-0.15, -0.1) is 24.0 Å². The molecule has 2 bridgehead atoms. The molecular weight excluding hydrogens is 472 g/mol. The third kappa shape index (κ3) is 5.07. The second kappa shape index (κ2) is 9.32. The zero-order valence-electron chi connectivity index (χ0n) is 14.7. The number of halogens is 2. The van der Waals surface area contributed by atoms with Gasteiger partial charge in [0.25, 0.3) is 0 Å². The molecule has 0 aliphatic carbocycles. The Balaban J connectivity index is 0.00000243. The van der Waals surface area contributed by atoms with Crippen molar-refractivity contribution in [1.29, 1.82) is 0 Å². The summed E-state index contributed by atoms with van der Waals surface area (Å²) in [5.41, 5.74) is 0.